The average molecular weight is 360 g/mol. The van der Waals surface area contributed by atoms with Gasteiger partial charge in [0.15, 0.2) is 0 Å². The Morgan fingerprint density at radius 2 is 1.71 bits per heavy atom. The van der Waals surface area contributed by atoms with Gasteiger partial charge in [0.2, 0.25) is 5.43 Å². The number of carboxylic acids is 1. The summed E-state index contributed by atoms with van der Waals surface area (Å²) in [7, 11) is 1.76. The van der Waals surface area contributed by atoms with Gasteiger partial charge in [-0.15, -0.1) is 0 Å². The van der Waals surface area contributed by atoms with E-state index < -0.39 is 11.4 Å². The summed E-state index contributed by atoms with van der Waals surface area (Å²) in [6.45, 7) is 3.46. The summed E-state index contributed by atoms with van der Waals surface area (Å²) in [6.07, 6.45) is 0. The van der Waals surface area contributed by atoms with Gasteiger partial charge in [0, 0.05) is 28.5 Å². The van der Waals surface area contributed by atoms with Crippen molar-refractivity contribution in [3.63, 3.8) is 0 Å². The van der Waals surface area contributed by atoms with Crippen molar-refractivity contribution in [1.29, 1.82) is 0 Å². The SMILES string of the molecule is Cc1c(C(=O)O)c(=O)c(-c2ccc(Br)cc2)c(C)n1C.[H-].[Na+]. The monoisotopic (exact) mass is 359 g/mol. The van der Waals surface area contributed by atoms with Crippen LogP contribution in [0.3, 0.4) is 0 Å². The molecule has 0 unspecified atom stereocenters. The largest absolute Gasteiger partial charge is 1.00 e. The minimum atomic E-state index is -1.19. The molecule has 4 nitrogen and oxygen atoms in total. The molecule has 1 aromatic heterocycles. The quantitative estimate of drug-likeness (QED) is 0.781. The van der Waals surface area contributed by atoms with Crippen molar-refractivity contribution in [2.24, 2.45) is 7.05 Å². The molecule has 0 saturated heterocycles. The molecule has 106 valence electrons. The third-order valence-corrected chi connectivity index (χ3v) is 4.06. The number of benzene rings is 1. The third-order valence-electron chi connectivity index (χ3n) is 3.53. The normalized spacial score (nSPS) is 10.1. The van der Waals surface area contributed by atoms with Crippen LogP contribution in [-0.2, 0) is 7.05 Å². The summed E-state index contributed by atoms with van der Waals surface area (Å²) in [5.74, 6) is -1.19. The number of nitrogens with zero attached hydrogens (tertiary/aromatic N) is 1. The number of hydrogen-bond donors (Lipinski definition) is 1. The van der Waals surface area contributed by atoms with E-state index in [4.69, 9.17) is 0 Å². The molecule has 0 spiro atoms. The van der Waals surface area contributed by atoms with E-state index in [2.05, 4.69) is 15.9 Å². The first-order chi connectivity index (χ1) is 9.34. The van der Waals surface area contributed by atoms with E-state index in [1.165, 1.54) is 0 Å². The Labute approximate surface area is 154 Å². The maximum absolute atomic E-state index is 12.5. The van der Waals surface area contributed by atoms with Gasteiger partial charge in [-0.1, -0.05) is 28.1 Å². The molecule has 21 heavy (non-hydrogen) atoms. The fraction of sp³-hybridized carbons (Fsp3) is 0.200. The van der Waals surface area contributed by atoms with E-state index in [0.717, 1.165) is 10.2 Å². The fourth-order valence-electron chi connectivity index (χ4n) is 2.25. The van der Waals surface area contributed by atoms with Crippen LogP contribution in [0.2, 0.25) is 0 Å². The summed E-state index contributed by atoms with van der Waals surface area (Å²) in [5.41, 5.74) is 1.75. The Kier molecular flexibility index (Phi) is 5.99. The Balaban J connectivity index is 0.00000220. The zero-order chi connectivity index (χ0) is 15.0. The van der Waals surface area contributed by atoms with Gasteiger partial charge in [-0.25, -0.2) is 4.79 Å². The second-order valence-corrected chi connectivity index (χ2v) is 5.54. The third kappa shape index (κ3) is 3.31. The van der Waals surface area contributed by atoms with Crippen LogP contribution < -0.4 is 35.0 Å². The number of pyridine rings is 1. The van der Waals surface area contributed by atoms with Gasteiger partial charge in [-0.2, -0.15) is 0 Å². The minimum absolute atomic E-state index is 0. The summed E-state index contributed by atoms with van der Waals surface area (Å²) in [4.78, 5) is 23.8. The molecule has 2 aromatic rings. The van der Waals surface area contributed by atoms with Crippen molar-refractivity contribution >= 4 is 21.9 Å². The number of aromatic carboxylic acids is 1. The van der Waals surface area contributed by atoms with Gasteiger partial charge in [-0.05, 0) is 31.5 Å². The molecule has 0 aliphatic carbocycles. The molecule has 0 amide bonds. The first-order valence-electron chi connectivity index (χ1n) is 6.04. The van der Waals surface area contributed by atoms with Crippen molar-refractivity contribution in [2.75, 3.05) is 0 Å². The predicted octanol–water partition coefficient (Wildman–Crippen LogP) is 0.246. The first kappa shape index (κ1) is 18.2. The number of rotatable bonds is 2. The van der Waals surface area contributed by atoms with Gasteiger partial charge in [0.05, 0.1) is 0 Å². The second-order valence-electron chi connectivity index (χ2n) is 4.62. The molecular weight excluding hydrogens is 345 g/mol. The number of carboxylic acid groups (broad SMARTS) is 1. The van der Waals surface area contributed by atoms with Gasteiger partial charge in [-0.3, -0.25) is 4.79 Å². The molecule has 1 heterocycles. The molecule has 6 heteroatoms. The second kappa shape index (κ2) is 6.92. The summed E-state index contributed by atoms with van der Waals surface area (Å²) >= 11 is 3.34. The van der Waals surface area contributed by atoms with Crippen LogP contribution in [0.15, 0.2) is 33.5 Å². The summed E-state index contributed by atoms with van der Waals surface area (Å²) < 4.78 is 2.64. The number of halogens is 1. The smallest absolute Gasteiger partial charge is 1.00 e. The van der Waals surface area contributed by atoms with Crippen LogP contribution in [0, 0.1) is 13.8 Å². The first-order valence-corrected chi connectivity index (χ1v) is 6.83. The zero-order valence-corrected chi connectivity index (χ0v) is 16.0. The van der Waals surface area contributed by atoms with E-state index >= 15 is 0 Å². The molecule has 0 aliphatic rings. The molecule has 1 N–H and O–H groups in total. The molecule has 0 saturated carbocycles. The standard InChI is InChI=1S/C15H14BrNO3.Na.H/c1-8-12(10-4-6-11(16)7-5-10)14(18)13(15(19)20)9(2)17(8)3;;/h4-7H,1-3H3,(H,19,20);;/q;+1;-1. The number of hydrogen-bond acceptors (Lipinski definition) is 2. The van der Waals surface area contributed by atoms with E-state index in [1.807, 2.05) is 19.1 Å². The van der Waals surface area contributed by atoms with E-state index in [0.29, 0.717) is 16.8 Å². The molecule has 0 bridgehead atoms. The topological polar surface area (TPSA) is 59.3 Å². The van der Waals surface area contributed by atoms with Gasteiger partial charge < -0.3 is 11.1 Å². The van der Waals surface area contributed by atoms with Crippen LogP contribution in [0.5, 0.6) is 0 Å². The van der Waals surface area contributed by atoms with Gasteiger partial charge in [0.1, 0.15) is 5.56 Å². The van der Waals surface area contributed by atoms with Crippen LogP contribution >= 0.6 is 15.9 Å². The van der Waals surface area contributed by atoms with E-state index in [9.17, 15) is 14.7 Å². The van der Waals surface area contributed by atoms with E-state index in [-0.39, 0.29) is 36.5 Å². The zero-order valence-electron chi connectivity index (χ0n) is 13.4. The fourth-order valence-corrected chi connectivity index (χ4v) is 2.51. The molecule has 0 fully saturated rings. The van der Waals surface area contributed by atoms with Gasteiger partial charge >= 0.3 is 35.5 Å². The Morgan fingerprint density at radius 3 is 2.19 bits per heavy atom. The van der Waals surface area contributed by atoms with Crippen molar-refractivity contribution in [1.82, 2.24) is 4.57 Å². The molecule has 0 aliphatic heterocycles. The van der Waals surface area contributed by atoms with Crippen molar-refractivity contribution in [2.45, 2.75) is 13.8 Å². The van der Waals surface area contributed by atoms with Crippen LogP contribution in [0.1, 0.15) is 23.2 Å². The Hall–Kier alpha value is -0.880. The molecule has 0 atom stereocenters. The van der Waals surface area contributed by atoms with Crippen molar-refractivity contribution in [3.05, 3.63) is 55.9 Å². The van der Waals surface area contributed by atoms with Crippen molar-refractivity contribution < 1.29 is 40.9 Å². The maximum atomic E-state index is 12.5. The average Bonchev–Trinajstić information content (AvgIpc) is 2.38. The molecule has 0 radical (unpaired) electrons. The Morgan fingerprint density at radius 1 is 1.19 bits per heavy atom. The summed E-state index contributed by atoms with van der Waals surface area (Å²) in [5, 5.41) is 9.26. The van der Waals surface area contributed by atoms with Crippen molar-refractivity contribution in [3.8, 4) is 11.1 Å². The molecular formula is C15H15BrNNaO3. The summed E-state index contributed by atoms with van der Waals surface area (Å²) in [6, 6.07) is 7.26. The minimum Gasteiger partial charge on any atom is -1.00 e. The van der Waals surface area contributed by atoms with E-state index in [1.54, 1.807) is 30.7 Å². The predicted molar refractivity (Wildman–Crippen MR) is 82.4 cm³/mol. The number of carbonyl (C=O) groups is 1. The van der Waals surface area contributed by atoms with Crippen LogP contribution in [-0.4, -0.2) is 15.6 Å². The Bertz CT molecular complexity index is 757. The molecule has 1 aromatic carbocycles. The van der Waals surface area contributed by atoms with Crippen LogP contribution in [0.4, 0.5) is 0 Å². The van der Waals surface area contributed by atoms with Crippen LogP contribution in [0.25, 0.3) is 11.1 Å². The number of aromatic nitrogens is 1. The molecule has 2 rings (SSSR count). The maximum Gasteiger partial charge on any atom is 1.00 e. The van der Waals surface area contributed by atoms with Gasteiger partial charge in [0.25, 0.3) is 0 Å².